The van der Waals surface area contributed by atoms with Crippen LogP contribution in [0.15, 0.2) is 55.1 Å². The van der Waals surface area contributed by atoms with Gasteiger partial charge in [-0.15, -0.1) is 6.58 Å². The largest absolute Gasteiger partial charge is 0.493 e. The van der Waals surface area contributed by atoms with E-state index in [0.717, 1.165) is 24.8 Å². The first-order valence-corrected chi connectivity index (χ1v) is 11.1. The molecule has 0 bridgehead atoms. The van der Waals surface area contributed by atoms with E-state index in [1.54, 1.807) is 37.4 Å². The standard InChI is InChI=1S/C26H32N2O4/c1-4-8-19-11-16-23(24(17-19)31-3)32-18-25(29)27-21-14-12-20(13-15-21)26(30)28(2)22-9-6-5-7-10-22/h4,11-17,22H,1,5-10,18H2,2-3H3,(H,27,29). The summed E-state index contributed by atoms with van der Waals surface area (Å²) in [6.07, 6.45) is 8.29. The molecule has 6 nitrogen and oxygen atoms in total. The Morgan fingerprint density at radius 3 is 2.47 bits per heavy atom. The average Bonchev–Trinajstić information content (AvgIpc) is 2.83. The molecule has 170 valence electrons. The van der Waals surface area contributed by atoms with Crippen molar-refractivity contribution < 1.29 is 19.1 Å². The van der Waals surface area contributed by atoms with E-state index in [9.17, 15) is 9.59 Å². The van der Waals surface area contributed by atoms with E-state index in [1.165, 1.54) is 19.3 Å². The van der Waals surface area contributed by atoms with Crippen molar-refractivity contribution in [1.29, 1.82) is 0 Å². The Hall–Kier alpha value is -3.28. The van der Waals surface area contributed by atoms with Crippen LogP contribution in [-0.4, -0.2) is 43.5 Å². The fraction of sp³-hybridized carbons (Fsp3) is 0.385. The molecule has 1 saturated carbocycles. The number of nitrogens with zero attached hydrogens (tertiary/aromatic N) is 1. The Balaban J connectivity index is 1.53. The number of amides is 2. The lowest BCUT2D eigenvalue weighted by atomic mass is 9.94. The summed E-state index contributed by atoms with van der Waals surface area (Å²) >= 11 is 0. The zero-order valence-corrected chi connectivity index (χ0v) is 18.9. The van der Waals surface area contributed by atoms with Crippen LogP contribution >= 0.6 is 0 Å². The molecule has 3 rings (SSSR count). The maximum absolute atomic E-state index is 12.8. The van der Waals surface area contributed by atoms with Gasteiger partial charge in [0.15, 0.2) is 18.1 Å². The van der Waals surface area contributed by atoms with Gasteiger partial charge in [0.25, 0.3) is 11.8 Å². The third-order valence-electron chi connectivity index (χ3n) is 5.83. The topological polar surface area (TPSA) is 67.9 Å². The van der Waals surface area contributed by atoms with Gasteiger partial charge in [-0.1, -0.05) is 31.4 Å². The van der Waals surface area contributed by atoms with E-state index in [-0.39, 0.29) is 18.4 Å². The number of carbonyl (C=O) groups is 2. The Morgan fingerprint density at radius 1 is 1.09 bits per heavy atom. The molecule has 0 radical (unpaired) electrons. The van der Waals surface area contributed by atoms with Gasteiger partial charge in [-0.3, -0.25) is 9.59 Å². The molecule has 0 aromatic heterocycles. The highest BCUT2D eigenvalue weighted by Gasteiger charge is 2.23. The van der Waals surface area contributed by atoms with E-state index in [0.29, 0.717) is 28.8 Å². The van der Waals surface area contributed by atoms with Gasteiger partial charge >= 0.3 is 0 Å². The molecule has 1 N–H and O–H groups in total. The molecule has 0 spiro atoms. The molecule has 2 aromatic rings. The number of benzene rings is 2. The van der Waals surface area contributed by atoms with Crippen molar-refractivity contribution in [2.45, 2.75) is 44.6 Å². The second-order valence-electron chi connectivity index (χ2n) is 8.10. The van der Waals surface area contributed by atoms with Crippen LogP contribution in [0.25, 0.3) is 0 Å². The van der Waals surface area contributed by atoms with Gasteiger partial charge in [-0.25, -0.2) is 0 Å². The minimum atomic E-state index is -0.291. The number of hydrogen-bond acceptors (Lipinski definition) is 4. The highest BCUT2D eigenvalue weighted by Crippen LogP contribution is 2.28. The van der Waals surface area contributed by atoms with Crippen LogP contribution in [0.4, 0.5) is 5.69 Å². The van der Waals surface area contributed by atoms with Gasteiger partial charge in [-0.2, -0.15) is 0 Å². The average molecular weight is 437 g/mol. The van der Waals surface area contributed by atoms with Crippen LogP contribution < -0.4 is 14.8 Å². The Bertz CT molecular complexity index is 933. The third-order valence-corrected chi connectivity index (χ3v) is 5.83. The number of rotatable bonds is 9. The van der Waals surface area contributed by atoms with Gasteiger partial charge in [0, 0.05) is 24.3 Å². The fourth-order valence-corrected chi connectivity index (χ4v) is 4.00. The molecular formula is C26H32N2O4. The van der Waals surface area contributed by atoms with Gasteiger partial charge in [0.1, 0.15) is 0 Å². The van der Waals surface area contributed by atoms with Gasteiger partial charge in [0.2, 0.25) is 0 Å². The first-order chi connectivity index (χ1) is 15.5. The van der Waals surface area contributed by atoms with Crippen LogP contribution in [0, 0.1) is 0 Å². The van der Waals surface area contributed by atoms with Crippen LogP contribution in [0.3, 0.4) is 0 Å². The maximum atomic E-state index is 12.8. The molecule has 2 aromatic carbocycles. The monoisotopic (exact) mass is 436 g/mol. The van der Waals surface area contributed by atoms with Crippen molar-refractivity contribution in [3.05, 3.63) is 66.2 Å². The highest BCUT2D eigenvalue weighted by atomic mass is 16.5. The number of allylic oxidation sites excluding steroid dienone is 1. The van der Waals surface area contributed by atoms with Crippen LogP contribution in [0.2, 0.25) is 0 Å². The SMILES string of the molecule is C=CCc1ccc(OCC(=O)Nc2ccc(C(=O)N(C)C3CCCCC3)cc2)c(OC)c1. The first-order valence-electron chi connectivity index (χ1n) is 11.1. The minimum absolute atomic E-state index is 0.0186. The lowest BCUT2D eigenvalue weighted by molar-refractivity contribution is -0.118. The number of methoxy groups -OCH3 is 1. The normalized spacial score (nSPS) is 13.8. The van der Waals surface area contributed by atoms with E-state index in [4.69, 9.17) is 9.47 Å². The number of anilines is 1. The molecule has 1 fully saturated rings. The van der Waals surface area contributed by atoms with Crippen molar-refractivity contribution in [3.63, 3.8) is 0 Å². The number of ether oxygens (including phenoxy) is 2. The zero-order chi connectivity index (χ0) is 22.9. The molecule has 2 amide bonds. The Labute approximate surface area is 190 Å². The van der Waals surface area contributed by atoms with Gasteiger partial charge < -0.3 is 19.7 Å². The van der Waals surface area contributed by atoms with E-state index >= 15 is 0 Å². The number of hydrogen-bond donors (Lipinski definition) is 1. The Morgan fingerprint density at radius 2 is 1.81 bits per heavy atom. The predicted molar refractivity (Wildman–Crippen MR) is 126 cm³/mol. The highest BCUT2D eigenvalue weighted by molar-refractivity contribution is 5.96. The molecule has 1 aliphatic carbocycles. The van der Waals surface area contributed by atoms with Crippen molar-refractivity contribution in [3.8, 4) is 11.5 Å². The van der Waals surface area contributed by atoms with Crippen molar-refractivity contribution in [1.82, 2.24) is 4.90 Å². The summed E-state index contributed by atoms with van der Waals surface area (Å²) in [5.41, 5.74) is 2.29. The first kappa shape index (κ1) is 23.4. The summed E-state index contributed by atoms with van der Waals surface area (Å²) in [6.45, 7) is 3.58. The zero-order valence-electron chi connectivity index (χ0n) is 18.9. The van der Waals surface area contributed by atoms with Crippen LogP contribution in [0.5, 0.6) is 11.5 Å². The number of carbonyl (C=O) groups excluding carboxylic acids is 2. The summed E-state index contributed by atoms with van der Waals surface area (Å²) in [7, 11) is 3.44. The quantitative estimate of drug-likeness (QED) is 0.571. The van der Waals surface area contributed by atoms with E-state index < -0.39 is 0 Å². The predicted octanol–water partition coefficient (Wildman–Crippen LogP) is 4.85. The molecule has 0 heterocycles. The lowest BCUT2D eigenvalue weighted by Crippen LogP contribution is -2.38. The van der Waals surface area contributed by atoms with Crippen molar-refractivity contribution in [2.24, 2.45) is 0 Å². The minimum Gasteiger partial charge on any atom is -0.493 e. The van der Waals surface area contributed by atoms with Crippen molar-refractivity contribution >= 4 is 17.5 Å². The molecule has 0 saturated heterocycles. The molecular weight excluding hydrogens is 404 g/mol. The summed E-state index contributed by atoms with van der Waals surface area (Å²) in [6, 6.07) is 12.9. The fourth-order valence-electron chi connectivity index (χ4n) is 4.00. The molecule has 6 heteroatoms. The summed E-state index contributed by atoms with van der Waals surface area (Å²) in [5, 5.41) is 2.80. The van der Waals surface area contributed by atoms with E-state index in [1.807, 2.05) is 30.2 Å². The summed E-state index contributed by atoms with van der Waals surface area (Å²) in [5.74, 6) is 0.801. The van der Waals surface area contributed by atoms with Crippen LogP contribution in [0.1, 0.15) is 48.0 Å². The summed E-state index contributed by atoms with van der Waals surface area (Å²) < 4.78 is 11.0. The molecule has 0 aliphatic heterocycles. The molecule has 0 atom stereocenters. The maximum Gasteiger partial charge on any atom is 0.262 e. The van der Waals surface area contributed by atoms with Crippen molar-refractivity contribution in [2.75, 3.05) is 26.1 Å². The molecule has 1 aliphatic rings. The number of nitrogens with one attached hydrogen (secondary N) is 1. The molecule has 32 heavy (non-hydrogen) atoms. The third kappa shape index (κ3) is 6.13. The summed E-state index contributed by atoms with van der Waals surface area (Å²) in [4.78, 5) is 26.9. The smallest absolute Gasteiger partial charge is 0.262 e. The molecule has 0 unspecified atom stereocenters. The van der Waals surface area contributed by atoms with E-state index in [2.05, 4.69) is 11.9 Å². The van der Waals surface area contributed by atoms with Gasteiger partial charge in [0.05, 0.1) is 7.11 Å². The lowest BCUT2D eigenvalue weighted by Gasteiger charge is -2.31. The van der Waals surface area contributed by atoms with Crippen LogP contribution in [-0.2, 0) is 11.2 Å². The second kappa shape index (κ2) is 11.4. The second-order valence-corrected chi connectivity index (χ2v) is 8.10. The van der Waals surface area contributed by atoms with Gasteiger partial charge in [-0.05, 0) is 61.2 Å². The Kier molecular flexibility index (Phi) is 8.31.